The molecule has 1 aromatic heterocycles. The van der Waals surface area contributed by atoms with E-state index in [0.29, 0.717) is 5.75 Å². The number of rotatable bonds is 1. The van der Waals surface area contributed by atoms with Crippen molar-refractivity contribution in [3.8, 4) is 0 Å². The van der Waals surface area contributed by atoms with Gasteiger partial charge in [-0.3, -0.25) is 0 Å². The summed E-state index contributed by atoms with van der Waals surface area (Å²) in [6.07, 6.45) is 0. The number of anilines is 1. The fraction of sp³-hybridized carbons (Fsp3) is 0.111. The number of nitrogens with two attached hydrogens (primary N) is 1. The van der Waals surface area contributed by atoms with Crippen LogP contribution in [0.1, 0.15) is 5.69 Å². The molecule has 0 aliphatic rings. The Kier molecular flexibility index (Phi) is 1.73. The Morgan fingerprint density at radius 2 is 2.25 bits per heavy atom. The number of hydrogen-bond donors (Lipinski definition) is 3. The Balaban J connectivity index is 2.74. The molecule has 0 aliphatic heterocycles. The Labute approximate surface area is 76.2 Å². The quantitative estimate of drug-likeness (QED) is 0.454. The van der Waals surface area contributed by atoms with Gasteiger partial charge in [-0.15, -0.1) is 0 Å². The number of nitrogen functional groups attached to an aromatic ring is 1. The molecule has 3 N–H and O–H groups in total. The Bertz CT molecular complexity index is 406. The topological polar surface area (TPSA) is 41.8 Å². The highest BCUT2D eigenvalue weighted by Gasteiger charge is 2.00. The summed E-state index contributed by atoms with van der Waals surface area (Å²) in [5, 5.41) is 1.15. The molecule has 0 bridgehead atoms. The van der Waals surface area contributed by atoms with Crippen molar-refractivity contribution in [1.29, 1.82) is 0 Å². The molecule has 2 aromatic rings. The van der Waals surface area contributed by atoms with Gasteiger partial charge in [0.25, 0.3) is 0 Å². The summed E-state index contributed by atoms with van der Waals surface area (Å²) in [7, 11) is 0. The average Bonchev–Trinajstić information content (AvgIpc) is 2.49. The second-order valence-electron chi connectivity index (χ2n) is 2.76. The third-order valence-electron chi connectivity index (χ3n) is 1.91. The van der Waals surface area contributed by atoms with Crippen molar-refractivity contribution in [2.24, 2.45) is 0 Å². The van der Waals surface area contributed by atoms with E-state index in [1.165, 1.54) is 0 Å². The van der Waals surface area contributed by atoms with E-state index < -0.39 is 0 Å². The standard InChI is InChI=1S/C9H10N2S/c10-8-3-1-2-6-4-7(5-12)11-9(6)8/h1-4,11-12H,5,10H2. The van der Waals surface area contributed by atoms with E-state index in [1.807, 2.05) is 18.2 Å². The first kappa shape index (κ1) is 7.55. The molecule has 0 fully saturated rings. The molecule has 12 heavy (non-hydrogen) atoms. The molecule has 0 amide bonds. The van der Waals surface area contributed by atoms with Gasteiger partial charge in [0, 0.05) is 16.8 Å². The van der Waals surface area contributed by atoms with Gasteiger partial charge in [0.15, 0.2) is 0 Å². The summed E-state index contributed by atoms with van der Waals surface area (Å²) in [6, 6.07) is 7.95. The summed E-state index contributed by atoms with van der Waals surface area (Å²) >= 11 is 4.18. The van der Waals surface area contributed by atoms with Crippen molar-refractivity contribution in [1.82, 2.24) is 4.98 Å². The van der Waals surface area contributed by atoms with Gasteiger partial charge < -0.3 is 10.7 Å². The second-order valence-corrected chi connectivity index (χ2v) is 3.08. The minimum atomic E-state index is 0.716. The number of H-pyrrole nitrogens is 1. The lowest BCUT2D eigenvalue weighted by Crippen LogP contribution is -1.85. The van der Waals surface area contributed by atoms with E-state index >= 15 is 0 Å². The molecule has 0 radical (unpaired) electrons. The molecule has 1 aromatic carbocycles. The van der Waals surface area contributed by atoms with E-state index in [-0.39, 0.29) is 0 Å². The van der Waals surface area contributed by atoms with Crippen LogP contribution in [0.4, 0.5) is 5.69 Å². The van der Waals surface area contributed by atoms with Crippen molar-refractivity contribution >= 4 is 29.2 Å². The molecular formula is C9H10N2S. The predicted octanol–water partition coefficient (Wildman–Crippen LogP) is 2.18. The number of thiol groups is 1. The molecule has 0 aliphatic carbocycles. The van der Waals surface area contributed by atoms with Gasteiger partial charge in [-0.25, -0.2) is 0 Å². The number of fused-ring (bicyclic) bond motifs is 1. The van der Waals surface area contributed by atoms with Crippen molar-refractivity contribution in [3.05, 3.63) is 30.0 Å². The van der Waals surface area contributed by atoms with Crippen LogP contribution in [0, 0.1) is 0 Å². The molecule has 0 saturated heterocycles. The van der Waals surface area contributed by atoms with Crippen LogP contribution in [0.3, 0.4) is 0 Å². The van der Waals surface area contributed by atoms with E-state index in [9.17, 15) is 0 Å². The van der Waals surface area contributed by atoms with Crippen LogP contribution in [-0.4, -0.2) is 4.98 Å². The van der Waals surface area contributed by atoms with Crippen molar-refractivity contribution in [3.63, 3.8) is 0 Å². The predicted molar refractivity (Wildman–Crippen MR) is 55.4 cm³/mol. The number of aromatic amines is 1. The lowest BCUT2D eigenvalue weighted by Gasteiger charge is -1.93. The van der Waals surface area contributed by atoms with E-state index in [1.54, 1.807) is 0 Å². The van der Waals surface area contributed by atoms with Crippen molar-refractivity contribution < 1.29 is 0 Å². The number of hydrogen-bond acceptors (Lipinski definition) is 2. The first-order chi connectivity index (χ1) is 5.81. The van der Waals surface area contributed by atoms with Crippen LogP contribution < -0.4 is 5.73 Å². The third kappa shape index (κ3) is 1.06. The zero-order chi connectivity index (χ0) is 8.55. The van der Waals surface area contributed by atoms with E-state index in [4.69, 9.17) is 5.73 Å². The van der Waals surface area contributed by atoms with Gasteiger partial charge >= 0.3 is 0 Å². The number of benzene rings is 1. The Morgan fingerprint density at radius 3 is 2.92 bits per heavy atom. The smallest absolute Gasteiger partial charge is 0.0689 e. The average molecular weight is 178 g/mol. The van der Waals surface area contributed by atoms with Gasteiger partial charge in [-0.1, -0.05) is 12.1 Å². The summed E-state index contributed by atoms with van der Waals surface area (Å²) < 4.78 is 0. The molecule has 0 saturated carbocycles. The first-order valence-corrected chi connectivity index (χ1v) is 4.41. The minimum Gasteiger partial charge on any atom is -0.397 e. The molecule has 62 valence electrons. The Hall–Kier alpha value is -1.09. The zero-order valence-electron chi connectivity index (χ0n) is 6.54. The van der Waals surface area contributed by atoms with E-state index in [2.05, 4.69) is 23.7 Å². The zero-order valence-corrected chi connectivity index (χ0v) is 7.44. The number of aromatic nitrogens is 1. The minimum absolute atomic E-state index is 0.716. The number of para-hydroxylation sites is 1. The SMILES string of the molecule is Nc1cccc2cc(CS)[nH]c12. The molecule has 2 rings (SSSR count). The van der Waals surface area contributed by atoms with Gasteiger partial charge in [0.2, 0.25) is 0 Å². The summed E-state index contributed by atoms with van der Waals surface area (Å²) in [4.78, 5) is 3.21. The monoisotopic (exact) mass is 178 g/mol. The molecular weight excluding hydrogens is 168 g/mol. The maximum atomic E-state index is 5.77. The van der Waals surface area contributed by atoms with Crippen LogP contribution >= 0.6 is 12.6 Å². The number of nitrogens with one attached hydrogen (secondary N) is 1. The molecule has 0 spiro atoms. The van der Waals surface area contributed by atoms with Crippen molar-refractivity contribution in [2.45, 2.75) is 5.75 Å². The third-order valence-corrected chi connectivity index (χ3v) is 2.26. The van der Waals surface area contributed by atoms with Crippen molar-refractivity contribution in [2.75, 3.05) is 5.73 Å². The van der Waals surface area contributed by atoms with Gasteiger partial charge in [0.05, 0.1) is 11.2 Å². The van der Waals surface area contributed by atoms with Crippen LogP contribution in [0.5, 0.6) is 0 Å². The summed E-state index contributed by atoms with van der Waals surface area (Å²) in [6.45, 7) is 0. The van der Waals surface area contributed by atoms with Gasteiger partial charge in [-0.05, 0) is 12.1 Å². The summed E-state index contributed by atoms with van der Waals surface area (Å²) in [5.74, 6) is 0.716. The molecule has 2 nitrogen and oxygen atoms in total. The maximum Gasteiger partial charge on any atom is 0.0689 e. The highest BCUT2D eigenvalue weighted by molar-refractivity contribution is 7.79. The molecule has 0 unspecified atom stereocenters. The molecule has 3 heteroatoms. The molecule has 1 heterocycles. The van der Waals surface area contributed by atoms with E-state index in [0.717, 1.165) is 22.3 Å². The first-order valence-electron chi connectivity index (χ1n) is 3.78. The summed E-state index contributed by atoms with van der Waals surface area (Å²) in [5.41, 5.74) is 8.68. The highest BCUT2D eigenvalue weighted by atomic mass is 32.1. The normalized spacial score (nSPS) is 10.8. The van der Waals surface area contributed by atoms with Crippen LogP contribution in [0.15, 0.2) is 24.3 Å². The lowest BCUT2D eigenvalue weighted by molar-refractivity contribution is 1.27. The fourth-order valence-corrected chi connectivity index (χ4v) is 1.49. The van der Waals surface area contributed by atoms with Crippen LogP contribution in [0.2, 0.25) is 0 Å². The largest absolute Gasteiger partial charge is 0.397 e. The molecule has 0 atom stereocenters. The van der Waals surface area contributed by atoms with Gasteiger partial charge in [0.1, 0.15) is 0 Å². The van der Waals surface area contributed by atoms with Crippen LogP contribution in [-0.2, 0) is 5.75 Å². The van der Waals surface area contributed by atoms with Gasteiger partial charge in [-0.2, -0.15) is 12.6 Å². The second kappa shape index (κ2) is 2.75. The highest BCUT2D eigenvalue weighted by Crippen LogP contribution is 2.21. The Morgan fingerprint density at radius 1 is 1.42 bits per heavy atom. The fourth-order valence-electron chi connectivity index (χ4n) is 1.32. The lowest BCUT2D eigenvalue weighted by atomic mass is 10.2. The maximum absolute atomic E-state index is 5.77. The van der Waals surface area contributed by atoms with Crippen LogP contribution in [0.25, 0.3) is 10.9 Å².